The van der Waals surface area contributed by atoms with Crippen molar-refractivity contribution in [1.29, 1.82) is 0 Å². The molecule has 0 aliphatic carbocycles. The molecule has 0 spiro atoms. The zero-order valence-corrected chi connectivity index (χ0v) is 13.8. The number of benzene rings is 1. The Balaban J connectivity index is 1.48. The Morgan fingerprint density at radius 2 is 1.88 bits per heavy atom. The molecule has 1 atom stereocenters. The lowest BCUT2D eigenvalue weighted by atomic mass is 10.1. The van der Waals surface area contributed by atoms with E-state index in [0.29, 0.717) is 6.04 Å². The average molecular weight is 318 g/mol. The second kappa shape index (κ2) is 6.97. The SMILES string of the molecule is c1ccc(C2CCCN2Cc2cccc(Cn3cccn3)c2)nc1. The highest BCUT2D eigenvalue weighted by Crippen LogP contribution is 2.31. The van der Waals surface area contributed by atoms with Crippen LogP contribution in [-0.2, 0) is 13.1 Å². The Labute approximate surface area is 142 Å². The molecule has 0 bridgehead atoms. The number of nitrogens with zero attached hydrogens (tertiary/aromatic N) is 4. The normalized spacial score (nSPS) is 18.1. The lowest BCUT2D eigenvalue weighted by Crippen LogP contribution is -2.23. The molecule has 1 saturated heterocycles. The van der Waals surface area contributed by atoms with Crippen LogP contribution in [0.2, 0.25) is 0 Å². The third-order valence-corrected chi connectivity index (χ3v) is 4.67. The van der Waals surface area contributed by atoms with E-state index in [4.69, 9.17) is 0 Å². The van der Waals surface area contributed by atoms with Gasteiger partial charge in [0.15, 0.2) is 0 Å². The van der Waals surface area contributed by atoms with Gasteiger partial charge in [-0.2, -0.15) is 5.10 Å². The first-order valence-corrected chi connectivity index (χ1v) is 8.59. The molecule has 1 unspecified atom stereocenters. The third kappa shape index (κ3) is 3.39. The van der Waals surface area contributed by atoms with E-state index in [0.717, 1.165) is 19.6 Å². The van der Waals surface area contributed by atoms with E-state index in [-0.39, 0.29) is 0 Å². The molecule has 1 aliphatic heterocycles. The van der Waals surface area contributed by atoms with E-state index >= 15 is 0 Å². The molecule has 0 radical (unpaired) electrons. The van der Waals surface area contributed by atoms with Gasteiger partial charge in [-0.3, -0.25) is 14.6 Å². The van der Waals surface area contributed by atoms with E-state index in [2.05, 4.69) is 51.4 Å². The van der Waals surface area contributed by atoms with Gasteiger partial charge >= 0.3 is 0 Å². The molecule has 1 aliphatic rings. The summed E-state index contributed by atoms with van der Waals surface area (Å²) in [6.07, 6.45) is 8.17. The van der Waals surface area contributed by atoms with E-state index < -0.39 is 0 Å². The van der Waals surface area contributed by atoms with Gasteiger partial charge in [0.05, 0.1) is 18.3 Å². The predicted molar refractivity (Wildman–Crippen MR) is 94.4 cm³/mol. The van der Waals surface area contributed by atoms with Gasteiger partial charge in [-0.25, -0.2) is 0 Å². The predicted octanol–water partition coefficient (Wildman–Crippen LogP) is 3.66. The smallest absolute Gasteiger partial charge is 0.0659 e. The van der Waals surface area contributed by atoms with Crippen molar-refractivity contribution in [2.45, 2.75) is 32.0 Å². The molecule has 122 valence electrons. The lowest BCUT2D eigenvalue weighted by molar-refractivity contribution is 0.244. The molecule has 3 heterocycles. The Kier molecular flexibility index (Phi) is 4.38. The fourth-order valence-electron chi connectivity index (χ4n) is 3.57. The second-order valence-corrected chi connectivity index (χ2v) is 6.41. The van der Waals surface area contributed by atoms with E-state index in [1.54, 1.807) is 0 Å². The van der Waals surface area contributed by atoms with Crippen LogP contribution >= 0.6 is 0 Å². The second-order valence-electron chi connectivity index (χ2n) is 6.41. The van der Waals surface area contributed by atoms with Gasteiger partial charge < -0.3 is 0 Å². The standard InChI is InChI=1S/C20H22N4/c1-2-10-21-19(8-1)20-9-4-12-23(20)15-17-6-3-7-18(14-17)16-24-13-5-11-22-24/h1-3,5-8,10-11,13-14,20H,4,9,12,15-16H2. The number of hydrogen-bond donors (Lipinski definition) is 0. The van der Waals surface area contributed by atoms with E-state index in [1.807, 2.05) is 35.4 Å². The molecule has 1 aromatic carbocycles. The van der Waals surface area contributed by atoms with Crippen LogP contribution in [-0.4, -0.2) is 26.2 Å². The van der Waals surface area contributed by atoms with Crippen molar-refractivity contribution >= 4 is 0 Å². The minimum atomic E-state index is 0.445. The van der Waals surface area contributed by atoms with Crippen molar-refractivity contribution in [3.63, 3.8) is 0 Å². The van der Waals surface area contributed by atoms with Crippen LogP contribution < -0.4 is 0 Å². The summed E-state index contributed by atoms with van der Waals surface area (Å²) in [6.45, 7) is 2.95. The Morgan fingerprint density at radius 1 is 0.958 bits per heavy atom. The summed E-state index contributed by atoms with van der Waals surface area (Å²) in [5.74, 6) is 0. The van der Waals surface area contributed by atoms with Crippen LogP contribution in [0.25, 0.3) is 0 Å². The van der Waals surface area contributed by atoms with Gasteiger partial charge in [-0.1, -0.05) is 30.3 Å². The van der Waals surface area contributed by atoms with Crippen LogP contribution in [0.15, 0.2) is 67.1 Å². The minimum Gasteiger partial charge on any atom is -0.291 e. The van der Waals surface area contributed by atoms with Gasteiger partial charge in [-0.05, 0) is 48.7 Å². The molecule has 24 heavy (non-hydrogen) atoms. The van der Waals surface area contributed by atoms with Gasteiger partial charge in [0.25, 0.3) is 0 Å². The van der Waals surface area contributed by atoms with Gasteiger partial charge in [0, 0.05) is 25.1 Å². The lowest BCUT2D eigenvalue weighted by Gasteiger charge is -2.24. The van der Waals surface area contributed by atoms with Crippen molar-refractivity contribution in [1.82, 2.24) is 19.7 Å². The first-order valence-electron chi connectivity index (χ1n) is 8.59. The van der Waals surface area contributed by atoms with Gasteiger partial charge in [0.1, 0.15) is 0 Å². The summed E-state index contributed by atoms with van der Waals surface area (Å²) < 4.78 is 1.96. The van der Waals surface area contributed by atoms with Crippen LogP contribution in [0.4, 0.5) is 0 Å². The maximum Gasteiger partial charge on any atom is 0.0659 e. The van der Waals surface area contributed by atoms with Crippen molar-refractivity contribution in [3.8, 4) is 0 Å². The highest BCUT2D eigenvalue weighted by atomic mass is 15.3. The van der Waals surface area contributed by atoms with Crippen LogP contribution in [0, 0.1) is 0 Å². The number of hydrogen-bond acceptors (Lipinski definition) is 3. The van der Waals surface area contributed by atoms with Crippen LogP contribution in [0.1, 0.15) is 35.7 Å². The minimum absolute atomic E-state index is 0.445. The Hall–Kier alpha value is -2.46. The highest BCUT2D eigenvalue weighted by Gasteiger charge is 2.26. The van der Waals surface area contributed by atoms with Crippen LogP contribution in [0.5, 0.6) is 0 Å². The molecule has 4 heteroatoms. The zero-order chi connectivity index (χ0) is 16.2. The monoisotopic (exact) mass is 318 g/mol. The summed E-state index contributed by atoms with van der Waals surface area (Å²) in [5.41, 5.74) is 3.86. The summed E-state index contributed by atoms with van der Waals surface area (Å²) in [4.78, 5) is 7.12. The molecule has 4 nitrogen and oxygen atoms in total. The molecule has 1 fully saturated rings. The largest absolute Gasteiger partial charge is 0.291 e. The topological polar surface area (TPSA) is 34.0 Å². The number of aromatic nitrogens is 3. The fourth-order valence-corrected chi connectivity index (χ4v) is 3.57. The third-order valence-electron chi connectivity index (χ3n) is 4.67. The summed E-state index contributed by atoms with van der Waals surface area (Å²) in [6, 6.07) is 17.5. The maximum absolute atomic E-state index is 4.57. The molecule has 0 N–H and O–H groups in total. The summed E-state index contributed by atoms with van der Waals surface area (Å²) in [7, 11) is 0. The number of pyridine rings is 1. The Morgan fingerprint density at radius 3 is 2.67 bits per heavy atom. The van der Waals surface area contributed by atoms with Crippen molar-refractivity contribution in [3.05, 3.63) is 83.9 Å². The van der Waals surface area contributed by atoms with Crippen molar-refractivity contribution < 1.29 is 0 Å². The molecule has 3 aromatic rings. The van der Waals surface area contributed by atoms with Crippen LogP contribution in [0.3, 0.4) is 0 Å². The number of likely N-dealkylation sites (tertiary alicyclic amines) is 1. The quantitative estimate of drug-likeness (QED) is 0.720. The molecule has 0 amide bonds. The molecule has 2 aromatic heterocycles. The highest BCUT2D eigenvalue weighted by molar-refractivity contribution is 5.24. The average Bonchev–Trinajstić information content (AvgIpc) is 3.28. The van der Waals surface area contributed by atoms with Gasteiger partial charge in [0.2, 0.25) is 0 Å². The molecular weight excluding hydrogens is 296 g/mol. The first kappa shape index (κ1) is 15.1. The van der Waals surface area contributed by atoms with Crippen molar-refractivity contribution in [2.24, 2.45) is 0 Å². The molecule has 4 rings (SSSR count). The fraction of sp³-hybridized carbons (Fsp3) is 0.300. The summed E-state index contributed by atoms with van der Waals surface area (Å²) in [5, 5.41) is 4.29. The molecular formula is C20H22N4. The van der Waals surface area contributed by atoms with E-state index in [9.17, 15) is 0 Å². The zero-order valence-electron chi connectivity index (χ0n) is 13.8. The van der Waals surface area contributed by atoms with Crippen molar-refractivity contribution in [2.75, 3.05) is 6.54 Å². The van der Waals surface area contributed by atoms with Gasteiger partial charge in [-0.15, -0.1) is 0 Å². The molecule has 0 saturated carbocycles. The van der Waals surface area contributed by atoms with E-state index in [1.165, 1.54) is 29.7 Å². The number of rotatable bonds is 5. The first-order chi connectivity index (χ1) is 11.9. The summed E-state index contributed by atoms with van der Waals surface area (Å²) >= 11 is 0. The Bertz CT molecular complexity index is 767. The maximum atomic E-state index is 4.57.